The van der Waals surface area contributed by atoms with Gasteiger partial charge in [0.25, 0.3) is 5.91 Å². The Hall–Kier alpha value is -2.42. The maximum absolute atomic E-state index is 12.8. The van der Waals surface area contributed by atoms with E-state index in [1.165, 1.54) is 0 Å². The SMILES string of the molecule is CCCS(=O)(=O)Nc1cccc(NC(=O)c2cccc(CN3CCOCC3)c2)c1C. The van der Waals surface area contributed by atoms with Crippen LogP contribution in [0.2, 0.25) is 0 Å². The van der Waals surface area contributed by atoms with E-state index in [1.807, 2.05) is 25.1 Å². The third kappa shape index (κ3) is 6.04. The molecule has 2 N–H and O–H groups in total. The zero-order valence-electron chi connectivity index (χ0n) is 17.5. The van der Waals surface area contributed by atoms with Crippen LogP contribution in [0.3, 0.4) is 0 Å². The average molecular weight is 432 g/mol. The first-order valence-corrected chi connectivity index (χ1v) is 11.8. The van der Waals surface area contributed by atoms with Crippen LogP contribution in [-0.2, 0) is 21.3 Å². The maximum atomic E-state index is 12.8. The molecule has 8 heteroatoms. The van der Waals surface area contributed by atoms with Crippen LogP contribution in [-0.4, -0.2) is 51.3 Å². The van der Waals surface area contributed by atoms with Gasteiger partial charge < -0.3 is 10.1 Å². The number of nitrogens with one attached hydrogen (secondary N) is 2. The highest BCUT2D eigenvalue weighted by Crippen LogP contribution is 2.25. The highest BCUT2D eigenvalue weighted by Gasteiger charge is 2.15. The van der Waals surface area contributed by atoms with Crippen molar-refractivity contribution in [3.05, 3.63) is 59.2 Å². The molecule has 0 radical (unpaired) electrons. The number of amides is 1. The molecular weight excluding hydrogens is 402 g/mol. The summed E-state index contributed by atoms with van der Waals surface area (Å²) in [7, 11) is -3.40. The van der Waals surface area contributed by atoms with Gasteiger partial charge in [-0.25, -0.2) is 8.42 Å². The molecule has 0 atom stereocenters. The first-order chi connectivity index (χ1) is 14.4. The summed E-state index contributed by atoms with van der Waals surface area (Å²) in [5.41, 5.74) is 3.37. The molecule has 0 saturated carbocycles. The van der Waals surface area contributed by atoms with Crippen LogP contribution in [0.1, 0.15) is 34.8 Å². The van der Waals surface area contributed by atoms with Gasteiger partial charge in [-0.3, -0.25) is 14.4 Å². The summed E-state index contributed by atoms with van der Waals surface area (Å²) in [6, 6.07) is 12.8. The lowest BCUT2D eigenvalue weighted by Crippen LogP contribution is -2.35. The zero-order valence-corrected chi connectivity index (χ0v) is 18.3. The minimum Gasteiger partial charge on any atom is -0.379 e. The summed E-state index contributed by atoms with van der Waals surface area (Å²) >= 11 is 0. The summed E-state index contributed by atoms with van der Waals surface area (Å²) in [6.07, 6.45) is 0.533. The first kappa shape index (κ1) is 22.3. The van der Waals surface area contributed by atoms with Gasteiger partial charge in [0, 0.05) is 30.9 Å². The number of rotatable bonds is 8. The minimum absolute atomic E-state index is 0.0545. The van der Waals surface area contributed by atoms with E-state index in [0.717, 1.165) is 38.4 Å². The van der Waals surface area contributed by atoms with Crippen molar-refractivity contribution >= 4 is 27.3 Å². The smallest absolute Gasteiger partial charge is 0.255 e. The highest BCUT2D eigenvalue weighted by atomic mass is 32.2. The Morgan fingerprint density at radius 3 is 2.53 bits per heavy atom. The molecule has 30 heavy (non-hydrogen) atoms. The van der Waals surface area contributed by atoms with Gasteiger partial charge >= 0.3 is 0 Å². The average Bonchev–Trinajstić information content (AvgIpc) is 2.72. The van der Waals surface area contributed by atoms with Crippen LogP contribution in [0.25, 0.3) is 0 Å². The van der Waals surface area contributed by atoms with Crippen LogP contribution in [0.15, 0.2) is 42.5 Å². The Balaban J connectivity index is 1.71. The normalized spacial score (nSPS) is 15.0. The Morgan fingerprint density at radius 1 is 1.10 bits per heavy atom. The Bertz CT molecular complexity index is 986. The molecule has 1 amide bonds. The molecular formula is C22H29N3O4S. The van der Waals surface area contributed by atoms with Crippen molar-refractivity contribution in [1.82, 2.24) is 4.90 Å². The monoisotopic (exact) mass is 431 g/mol. The van der Waals surface area contributed by atoms with Crippen molar-refractivity contribution in [2.45, 2.75) is 26.8 Å². The predicted molar refractivity (Wildman–Crippen MR) is 119 cm³/mol. The van der Waals surface area contributed by atoms with Crippen molar-refractivity contribution in [3.8, 4) is 0 Å². The van der Waals surface area contributed by atoms with Gasteiger partial charge in [-0.15, -0.1) is 0 Å². The van der Waals surface area contributed by atoms with Gasteiger partial charge in [0.2, 0.25) is 10.0 Å². The van der Waals surface area contributed by atoms with E-state index in [9.17, 15) is 13.2 Å². The Morgan fingerprint density at radius 2 is 1.80 bits per heavy atom. The second kappa shape index (κ2) is 10.1. The van der Waals surface area contributed by atoms with Crippen molar-refractivity contribution < 1.29 is 17.9 Å². The number of carbonyl (C=O) groups is 1. The Labute approximate surface area is 178 Å². The predicted octanol–water partition coefficient (Wildman–Crippen LogP) is 3.23. The number of benzene rings is 2. The fraction of sp³-hybridized carbons (Fsp3) is 0.409. The van der Waals surface area contributed by atoms with Crippen LogP contribution in [0.5, 0.6) is 0 Å². The van der Waals surface area contributed by atoms with E-state index >= 15 is 0 Å². The number of anilines is 2. The lowest BCUT2D eigenvalue weighted by atomic mass is 10.1. The summed E-state index contributed by atoms with van der Waals surface area (Å²) in [5.74, 6) is -0.172. The van der Waals surface area contributed by atoms with E-state index in [4.69, 9.17) is 4.74 Å². The zero-order chi connectivity index (χ0) is 21.6. The van der Waals surface area contributed by atoms with Crippen LogP contribution in [0.4, 0.5) is 11.4 Å². The third-order valence-corrected chi connectivity index (χ3v) is 6.50. The molecule has 1 aliphatic rings. The number of hydrogen-bond donors (Lipinski definition) is 2. The molecule has 1 aliphatic heterocycles. The summed E-state index contributed by atoms with van der Waals surface area (Å²) in [5, 5.41) is 2.91. The largest absolute Gasteiger partial charge is 0.379 e. The molecule has 162 valence electrons. The number of morpholine rings is 1. The van der Waals surface area contributed by atoms with Gasteiger partial charge in [0.05, 0.1) is 24.7 Å². The van der Waals surface area contributed by atoms with Crippen LogP contribution < -0.4 is 10.0 Å². The van der Waals surface area contributed by atoms with Crippen LogP contribution in [0, 0.1) is 6.92 Å². The second-order valence-electron chi connectivity index (χ2n) is 7.44. The fourth-order valence-electron chi connectivity index (χ4n) is 3.39. The molecule has 2 aromatic rings. The molecule has 0 aliphatic carbocycles. The standard InChI is InChI=1S/C22H29N3O4S/c1-3-14-30(27,28)24-21-9-5-8-20(17(21)2)23-22(26)19-7-4-6-18(15-19)16-25-10-12-29-13-11-25/h4-9,15,24H,3,10-14,16H2,1-2H3,(H,23,26). The third-order valence-electron chi connectivity index (χ3n) is 5.02. The van der Waals surface area contributed by atoms with Crippen molar-refractivity contribution in [2.75, 3.05) is 42.1 Å². The van der Waals surface area contributed by atoms with Gasteiger partial charge in [-0.2, -0.15) is 0 Å². The highest BCUT2D eigenvalue weighted by molar-refractivity contribution is 7.92. The van der Waals surface area contributed by atoms with Gasteiger partial charge in [-0.05, 0) is 48.7 Å². The van der Waals surface area contributed by atoms with Crippen molar-refractivity contribution in [3.63, 3.8) is 0 Å². The maximum Gasteiger partial charge on any atom is 0.255 e. The van der Waals surface area contributed by atoms with Crippen LogP contribution >= 0.6 is 0 Å². The lowest BCUT2D eigenvalue weighted by Gasteiger charge is -2.26. The summed E-state index contributed by atoms with van der Waals surface area (Å²) in [6.45, 7) is 7.62. The van der Waals surface area contributed by atoms with E-state index in [-0.39, 0.29) is 11.7 Å². The van der Waals surface area contributed by atoms with E-state index in [1.54, 1.807) is 31.2 Å². The quantitative estimate of drug-likeness (QED) is 0.670. The molecule has 1 fully saturated rings. The molecule has 1 saturated heterocycles. The van der Waals surface area contributed by atoms with E-state index in [0.29, 0.717) is 28.9 Å². The van der Waals surface area contributed by atoms with Gasteiger partial charge in [-0.1, -0.05) is 25.1 Å². The molecule has 0 bridgehead atoms. The first-order valence-electron chi connectivity index (χ1n) is 10.2. The number of hydrogen-bond acceptors (Lipinski definition) is 5. The molecule has 0 unspecified atom stereocenters. The Kier molecular flexibility index (Phi) is 7.47. The fourth-order valence-corrected chi connectivity index (χ4v) is 4.59. The summed E-state index contributed by atoms with van der Waals surface area (Å²) in [4.78, 5) is 15.1. The van der Waals surface area contributed by atoms with Gasteiger partial charge in [0.1, 0.15) is 0 Å². The molecule has 0 aromatic heterocycles. The number of nitrogens with zero attached hydrogens (tertiary/aromatic N) is 1. The lowest BCUT2D eigenvalue weighted by molar-refractivity contribution is 0.0342. The molecule has 3 rings (SSSR count). The number of carbonyl (C=O) groups excluding carboxylic acids is 1. The van der Waals surface area contributed by atoms with Crippen molar-refractivity contribution in [2.24, 2.45) is 0 Å². The van der Waals surface area contributed by atoms with E-state index in [2.05, 4.69) is 14.9 Å². The topological polar surface area (TPSA) is 87.7 Å². The van der Waals surface area contributed by atoms with Gasteiger partial charge in [0.15, 0.2) is 0 Å². The molecule has 7 nitrogen and oxygen atoms in total. The molecule has 0 spiro atoms. The van der Waals surface area contributed by atoms with Crippen molar-refractivity contribution in [1.29, 1.82) is 0 Å². The number of ether oxygens (including phenoxy) is 1. The summed E-state index contributed by atoms with van der Waals surface area (Å²) < 4.78 is 32.2. The van der Waals surface area contributed by atoms with E-state index < -0.39 is 10.0 Å². The minimum atomic E-state index is -3.40. The number of sulfonamides is 1. The molecule has 2 aromatic carbocycles. The second-order valence-corrected chi connectivity index (χ2v) is 9.28. The molecule has 1 heterocycles.